The molecule has 1 aromatic rings. The number of likely N-dealkylation sites (tertiary alicyclic amines) is 1. The van der Waals surface area contributed by atoms with Crippen LogP contribution in [0, 0.1) is 5.92 Å². The fourth-order valence-corrected chi connectivity index (χ4v) is 4.31. The molecule has 0 N–H and O–H groups in total. The van der Waals surface area contributed by atoms with Crippen molar-refractivity contribution in [3.8, 4) is 6.01 Å². The summed E-state index contributed by atoms with van der Waals surface area (Å²) < 4.78 is 7.86. The van der Waals surface area contributed by atoms with Crippen LogP contribution in [-0.4, -0.2) is 46.4 Å². The molecule has 1 aliphatic carbocycles. The van der Waals surface area contributed by atoms with Crippen LogP contribution in [0.2, 0.25) is 0 Å². The summed E-state index contributed by atoms with van der Waals surface area (Å²) in [5, 5.41) is 0. The molecule has 2 aliphatic heterocycles. The van der Waals surface area contributed by atoms with Gasteiger partial charge in [0.25, 0.3) is 5.56 Å². The van der Waals surface area contributed by atoms with Gasteiger partial charge in [-0.15, -0.1) is 0 Å². The van der Waals surface area contributed by atoms with Crippen molar-refractivity contribution >= 4 is 11.5 Å². The molecule has 1 saturated heterocycles. The number of fused-ring (bicyclic) bond motifs is 1. The van der Waals surface area contributed by atoms with Crippen molar-refractivity contribution in [3.63, 3.8) is 0 Å². The Bertz CT molecular complexity index is 734. The van der Waals surface area contributed by atoms with Crippen LogP contribution in [0.25, 0.3) is 0 Å². The molecule has 6 nitrogen and oxygen atoms in total. The van der Waals surface area contributed by atoms with Crippen LogP contribution >= 0.6 is 0 Å². The molecule has 0 aromatic carbocycles. The Morgan fingerprint density at radius 2 is 2.04 bits per heavy atom. The summed E-state index contributed by atoms with van der Waals surface area (Å²) in [7, 11) is 2.09. The zero-order valence-electron chi connectivity index (χ0n) is 15.3. The highest BCUT2D eigenvalue weighted by Crippen LogP contribution is 2.33. The minimum atomic E-state index is 0.0462. The lowest BCUT2D eigenvalue weighted by Crippen LogP contribution is -2.30. The first kappa shape index (κ1) is 16.8. The molecular weight excluding hydrogens is 316 g/mol. The molecule has 0 radical (unpaired) electrons. The predicted octanol–water partition coefficient (Wildman–Crippen LogP) is 2.56. The Morgan fingerprint density at radius 3 is 2.72 bits per heavy atom. The van der Waals surface area contributed by atoms with E-state index in [0.29, 0.717) is 30.7 Å². The summed E-state index contributed by atoms with van der Waals surface area (Å²) in [6, 6.07) is 0.460. The smallest absolute Gasteiger partial charge is 0.301 e. The van der Waals surface area contributed by atoms with E-state index in [-0.39, 0.29) is 11.7 Å². The van der Waals surface area contributed by atoms with E-state index in [1.54, 1.807) is 4.57 Å². The number of aliphatic imine (C=N–C) groups is 1. The molecule has 4 rings (SSSR count). The molecule has 6 heteroatoms. The van der Waals surface area contributed by atoms with Crippen LogP contribution in [0.3, 0.4) is 0 Å². The summed E-state index contributed by atoms with van der Waals surface area (Å²) in [5.41, 5.74) is 1.98. The van der Waals surface area contributed by atoms with Crippen LogP contribution in [0.5, 0.6) is 6.01 Å². The Balaban J connectivity index is 1.65. The second-order valence-electron chi connectivity index (χ2n) is 7.71. The average Bonchev–Trinajstić information content (AvgIpc) is 3.31. The van der Waals surface area contributed by atoms with Gasteiger partial charge >= 0.3 is 6.01 Å². The van der Waals surface area contributed by atoms with Gasteiger partial charge in [-0.05, 0) is 38.6 Å². The molecule has 25 heavy (non-hydrogen) atoms. The van der Waals surface area contributed by atoms with Crippen LogP contribution in [0.15, 0.2) is 9.79 Å². The van der Waals surface area contributed by atoms with Gasteiger partial charge in [-0.1, -0.05) is 19.8 Å². The van der Waals surface area contributed by atoms with E-state index < -0.39 is 0 Å². The maximum Gasteiger partial charge on any atom is 0.301 e. The van der Waals surface area contributed by atoms with Crippen LogP contribution < -0.4 is 10.3 Å². The van der Waals surface area contributed by atoms with E-state index in [4.69, 9.17) is 9.73 Å². The molecule has 1 aromatic heterocycles. The van der Waals surface area contributed by atoms with Gasteiger partial charge in [0, 0.05) is 31.8 Å². The van der Waals surface area contributed by atoms with Gasteiger partial charge in [0.1, 0.15) is 6.10 Å². The quantitative estimate of drug-likeness (QED) is 0.824. The average molecular weight is 344 g/mol. The van der Waals surface area contributed by atoms with Crippen molar-refractivity contribution in [2.24, 2.45) is 10.9 Å². The SMILES string of the molecule is CCCn1c(OC2CCN(C)C2)nc2c(c1=O)CC(C1CCCC1)=N2. The molecule has 2 fully saturated rings. The largest absolute Gasteiger partial charge is 0.460 e. The molecular formula is C19H28N4O2. The van der Waals surface area contributed by atoms with E-state index in [1.807, 2.05) is 0 Å². The monoisotopic (exact) mass is 344 g/mol. The highest BCUT2D eigenvalue weighted by molar-refractivity contribution is 5.94. The molecule has 1 saturated carbocycles. The number of likely N-dealkylation sites (N-methyl/N-ethyl adjacent to an activating group) is 1. The molecule has 0 bridgehead atoms. The topological polar surface area (TPSA) is 59.7 Å². The summed E-state index contributed by atoms with van der Waals surface area (Å²) in [6.45, 7) is 4.64. The van der Waals surface area contributed by atoms with E-state index in [1.165, 1.54) is 25.7 Å². The highest BCUT2D eigenvalue weighted by Gasteiger charge is 2.30. The van der Waals surface area contributed by atoms with Gasteiger partial charge in [0.15, 0.2) is 5.82 Å². The Morgan fingerprint density at radius 1 is 1.24 bits per heavy atom. The molecule has 1 atom stereocenters. The Hall–Kier alpha value is -1.69. The minimum Gasteiger partial charge on any atom is -0.460 e. The summed E-state index contributed by atoms with van der Waals surface area (Å²) in [4.78, 5) is 24.7. The number of ether oxygens (including phenoxy) is 1. The van der Waals surface area contributed by atoms with Gasteiger partial charge in [-0.2, -0.15) is 4.98 Å². The zero-order valence-corrected chi connectivity index (χ0v) is 15.3. The van der Waals surface area contributed by atoms with Gasteiger partial charge in [-0.25, -0.2) is 4.99 Å². The number of nitrogens with zero attached hydrogens (tertiary/aromatic N) is 4. The van der Waals surface area contributed by atoms with Crippen molar-refractivity contribution in [1.82, 2.24) is 14.5 Å². The first-order chi connectivity index (χ1) is 12.2. The third-order valence-corrected chi connectivity index (χ3v) is 5.71. The van der Waals surface area contributed by atoms with Gasteiger partial charge in [0.05, 0.1) is 5.56 Å². The number of hydrogen-bond acceptors (Lipinski definition) is 5. The third kappa shape index (κ3) is 3.24. The maximum absolute atomic E-state index is 13.0. The standard InChI is InChI=1S/C19H28N4O2/c1-3-9-23-18(24)15-11-16(13-6-4-5-7-13)20-17(15)21-19(23)25-14-8-10-22(2)12-14/h13-14H,3-12H2,1-2H3. The second-order valence-corrected chi connectivity index (χ2v) is 7.71. The van der Waals surface area contributed by atoms with Crippen molar-refractivity contribution in [1.29, 1.82) is 0 Å². The number of aromatic nitrogens is 2. The first-order valence-electron chi connectivity index (χ1n) is 9.72. The van der Waals surface area contributed by atoms with Crippen molar-refractivity contribution < 1.29 is 4.74 Å². The molecule has 1 unspecified atom stereocenters. The molecule has 3 aliphatic rings. The van der Waals surface area contributed by atoms with E-state index >= 15 is 0 Å². The zero-order chi connectivity index (χ0) is 17.4. The van der Waals surface area contributed by atoms with Gasteiger partial charge < -0.3 is 9.64 Å². The van der Waals surface area contributed by atoms with Crippen LogP contribution in [-0.2, 0) is 13.0 Å². The normalized spacial score (nSPS) is 23.9. The first-order valence-corrected chi connectivity index (χ1v) is 9.72. The van der Waals surface area contributed by atoms with Crippen molar-refractivity contribution in [2.75, 3.05) is 20.1 Å². The predicted molar refractivity (Wildman–Crippen MR) is 98.1 cm³/mol. The lowest BCUT2D eigenvalue weighted by molar-refractivity contribution is 0.179. The molecule has 3 heterocycles. The molecule has 0 amide bonds. The number of hydrogen-bond donors (Lipinski definition) is 0. The minimum absolute atomic E-state index is 0.0462. The Kier molecular flexibility index (Phi) is 4.63. The summed E-state index contributed by atoms with van der Waals surface area (Å²) >= 11 is 0. The fraction of sp³-hybridized carbons (Fsp3) is 0.737. The van der Waals surface area contributed by atoms with Gasteiger partial charge in [-0.3, -0.25) is 9.36 Å². The fourth-order valence-electron chi connectivity index (χ4n) is 4.31. The second kappa shape index (κ2) is 6.90. The van der Waals surface area contributed by atoms with Crippen molar-refractivity contribution in [3.05, 3.63) is 15.9 Å². The van der Waals surface area contributed by atoms with Crippen LogP contribution in [0.1, 0.15) is 51.0 Å². The van der Waals surface area contributed by atoms with E-state index in [0.717, 1.165) is 37.2 Å². The van der Waals surface area contributed by atoms with Crippen molar-refractivity contribution in [2.45, 2.75) is 64.5 Å². The molecule has 136 valence electrons. The van der Waals surface area contributed by atoms with Crippen LogP contribution in [0.4, 0.5) is 5.82 Å². The van der Waals surface area contributed by atoms with E-state index in [2.05, 4.69) is 23.9 Å². The molecule has 0 spiro atoms. The number of rotatable bonds is 5. The Labute approximate surface area is 148 Å². The van der Waals surface area contributed by atoms with E-state index in [9.17, 15) is 4.79 Å². The lowest BCUT2D eigenvalue weighted by atomic mass is 9.98. The maximum atomic E-state index is 13.0. The lowest BCUT2D eigenvalue weighted by Gasteiger charge is -2.17. The summed E-state index contributed by atoms with van der Waals surface area (Å²) in [6.07, 6.45) is 7.61. The summed E-state index contributed by atoms with van der Waals surface area (Å²) in [5.74, 6) is 1.15. The highest BCUT2D eigenvalue weighted by atomic mass is 16.5. The van der Waals surface area contributed by atoms with Gasteiger partial charge in [0.2, 0.25) is 0 Å². The third-order valence-electron chi connectivity index (χ3n) is 5.71.